The fourth-order valence-electron chi connectivity index (χ4n) is 1.61. The molecule has 0 spiro atoms. The van der Waals surface area contributed by atoms with Crippen molar-refractivity contribution in [3.05, 3.63) is 53.8 Å². The number of nitrogens with two attached hydrogens (primary N) is 1. The molecule has 0 aliphatic heterocycles. The zero-order valence-electron chi connectivity index (χ0n) is 10.3. The van der Waals surface area contributed by atoms with Gasteiger partial charge in [0.1, 0.15) is 0 Å². The largest absolute Gasteiger partial charge is 0.494 e. The number of rotatable bonds is 3. The van der Waals surface area contributed by atoms with Crippen molar-refractivity contribution in [2.24, 2.45) is 0 Å². The lowest BCUT2D eigenvalue weighted by molar-refractivity contribution is 0.102. The van der Waals surface area contributed by atoms with E-state index >= 15 is 0 Å². The van der Waals surface area contributed by atoms with Crippen LogP contribution in [-0.4, -0.2) is 13.0 Å². The van der Waals surface area contributed by atoms with Crippen LogP contribution in [0.5, 0.6) is 5.75 Å². The molecule has 3 N–H and O–H groups in total. The zero-order chi connectivity index (χ0) is 13.8. The Labute approximate surface area is 110 Å². The van der Waals surface area contributed by atoms with Gasteiger partial charge in [0.2, 0.25) is 0 Å². The molecule has 0 unspecified atom stereocenters. The molecule has 2 rings (SSSR count). The van der Waals surface area contributed by atoms with Crippen LogP contribution in [0.2, 0.25) is 0 Å². The van der Waals surface area contributed by atoms with E-state index in [-0.39, 0.29) is 11.7 Å². The zero-order valence-corrected chi connectivity index (χ0v) is 10.3. The molecule has 2 aromatic carbocycles. The number of methoxy groups -OCH3 is 1. The molecule has 0 bridgehead atoms. The van der Waals surface area contributed by atoms with E-state index in [1.165, 1.54) is 25.3 Å². The van der Waals surface area contributed by atoms with Crippen molar-refractivity contribution in [1.82, 2.24) is 0 Å². The van der Waals surface area contributed by atoms with E-state index in [1.54, 1.807) is 24.3 Å². The molecule has 0 radical (unpaired) electrons. The number of nitrogen functional groups attached to an aromatic ring is 1. The van der Waals surface area contributed by atoms with E-state index in [4.69, 9.17) is 10.5 Å². The summed E-state index contributed by atoms with van der Waals surface area (Å²) in [5.41, 5.74) is 6.99. The van der Waals surface area contributed by atoms with E-state index in [2.05, 4.69) is 5.32 Å². The third-order valence-electron chi connectivity index (χ3n) is 2.62. The van der Waals surface area contributed by atoms with Crippen molar-refractivity contribution in [3.63, 3.8) is 0 Å². The van der Waals surface area contributed by atoms with Gasteiger partial charge < -0.3 is 15.8 Å². The van der Waals surface area contributed by atoms with Gasteiger partial charge in [-0.25, -0.2) is 4.39 Å². The van der Waals surface area contributed by atoms with Crippen LogP contribution in [0, 0.1) is 5.82 Å². The summed E-state index contributed by atoms with van der Waals surface area (Å²) in [6.45, 7) is 0. The lowest BCUT2D eigenvalue weighted by Gasteiger charge is -2.09. The number of para-hydroxylation sites is 2. The first-order chi connectivity index (χ1) is 9.11. The Bertz CT molecular complexity index is 614. The highest BCUT2D eigenvalue weighted by molar-refractivity contribution is 6.05. The van der Waals surface area contributed by atoms with Crippen molar-refractivity contribution in [2.75, 3.05) is 18.2 Å². The Morgan fingerprint density at radius 1 is 1.26 bits per heavy atom. The average Bonchev–Trinajstić information content (AvgIpc) is 2.42. The van der Waals surface area contributed by atoms with E-state index in [1.807, 2.05) is 0 Å². The topological polar surface area (TPSA) is 64.3 Å². The smallest absolute Gasteiger partial charge is 0.255 e. The molecule has 1 amide bonds. The van der Waals surface area contributed by atoms with E-state index < -0.39 is 5.82 Å². The maximum absolute atomic E-state index is 13.2. The molecule has 4 nitrogen and oxygen atoms in total. The van der Waals surface area contributed by atoms with Gasteiger partial charge in [0.15, 0.2) is 11.6 Å². The van der Waals surface area contributed by atoms with Gasteiger partial charge in [-0.15, -0.1) is 0 Å². The fourth-order valence-corrected chi connectivity index (χ4v) is 1.61. The van der Waals surface area contributed by atoms with Crippen LogP contribution in [0.1, 0.15) is 10.4 Å². The van der Waals surface area contributed by atoms with Crippen LogP contribution in [-0.2, 0) is 0 Å². The van der Waals surface area contributed by atoms with E-state index in [0.29, 0.717) is 16.9 Å². The summed E-state index contributed by atoms with van der Waals surface area (Å²) in [6.07, 6.45) is 0. The monoisotopic (exact) mass is 260 g/mol. The second kappa shape index (κ2) is 5.39. The van der Waals surface area contributed by atoms with Gasteiger partial charge in [0, 0.05) is 5.56 Å². The SMILES string of the molecule is COc1cc(C(=O)Nc2ccccc2N)ccc1F. The third kappa shape index (κ3) is 2.82. The van der Waals surface area contributed by atoms with E-state index in [0.717, 1.165) is 0 Å². The molecule has 0 heterocycles. The maximum atomic E-state index is 13.2. The summed E-state index contributed by atoms with van der Waals surface area (Å²) in [7, 11) is 1.34. The second-order valence-corrected chi connectivity index (χ2v) is 3.89. The fraction of sp³-hybridized carbons (Fsp3) is 0.0714. The summed E-state index contributed by atoms with van der Waals surface area (Å²) >= 11 is 0. The molecule has 0 aliphatic carbocycles. The average molecular weight is 260 g/mol. The molecule has 98 valence electrons. The number of amides is 1. The summed E-state index contributed by atoms with van der Waals surface area (Å²) in [6, 6.07) is 10.8. The second-order valence-electron chi connectivity index (χ2n) is 3.89. The Morgan fingerprint density at radius 2 is 2.00 bits per heavy atom. The highest BCUT2D eigenvalue weighted by atomic mass is 19.1. The van der Waals surface area contributed by atoms with Crippen LogP contribution in [0.25, 0.3) is 0 Å². The minimum atomic E-state index is -0.515. The number of hydrogen-bond acceptors (Lipinski definition) is 3. The number of nitrogens with one attached hydrogen (secondary N) is 1. The predicted molar refractivity (Wildman–Crippen MR) is 71.8 cm³/mol. The minimum absolute atomic E-state index is 0.0219. The minimum Gasteiger partial charge on any atom is -0.494 e. The first-order valence-electron chi connectivity index (χ1n) is 5.61. The summed E-state index contributed by atoms with van der Waals surface area (Å²) in [5, 5.41) is 2.66. The molecule has 0 saturated carbocycles. The van der Waals surface area contributed by atoms with Gasteiger partial charge >= 0.3 is 0 Å². The maximum Gasteiger partial charge on any atom is 0.255 e. The normalized spacial score (nSPS) is 10.0. The number of carbonyl (C=O) groups excluding carboxylic acids is 1. The molecule has 0 atom stereocenters. The number of halogens is 1. The number of ether oxygens (including phenoxy) is 1. The van der Waals surface area contributed by atoms with Crippen molar-refractivity contribution < 1.29 is 13.9 Å². The van der Waals surface area contributed by atoms with E-state index in [9.17, 15) is 9.18 Å². The quantitative estimate of drug-likeness (QED) is 0.834. The van der Waals surface area contributed by atoms with Gasteiger partial charge in [0.05, 0.1) is 18.5 Å². The van der Waals surface area contributed by atoms with Crippen molar-refractivity contribution in [1.29, 1.82) is 0 Å². The van der Waals surface area contributed by atoms with Crippen LogP contribution in [0.15, 0.2) is 42.5 Å². The first kappa shape index (κ1) is 12.9. The van der Waals surface area contributed by atoms with Crippen LogP contribution >= 0.6 is 0 Å². The Balaban J connectivity index is 2.23. The summed E-state index contributed by atoms with van der Waals surface area (Å²) in [5.74, 6) is -0.872. The Hall–Kier alpha value is -2.56. The molecule has 19 heavy (non-hydrogen) atoms. The highest BCUT2D eigenvalue weighted by Crippen LogP contribution is 2.21. The molecule has 0 saturated heterocycles. The van der Waals surface area contributed by atoms with Gasteiger partial charge in [-0.2, -0.15) is 0 Å². The molecule has 0 aliphatic rings. The lowest BCUT2D eigenvalue weighted by Crippen LogP contribution is -2.13. The van der Waals surface area contributed by atoms with Gasteiger partial charge in [-0.1, -0.05) is 12.1 Å². The molecular weight excluding hydrogens is 247 g/mol. The third-order valence-corrected chi connectivity index (χ3v) is 2.62. The predicted octanol–water partition coefficient (Wildman–Crippen LogP) is 2.67. The Kier molecular flexibility index (Phi) is 3.66. The van der Waals surface area contributed by atoms with Crippen LogP contribution in [0.4, 0.5) is 15.8 Å². The number of hydrogen-bond donors (Lipinski definition) is 2. The molecule has 0 fully saturated rings. The van der Waals surface area contributed by atoms with Crippen molar-refractivity contribution in [3.8, 4) is 5.75 Å². The van der Waals surface area contributed by atoms with Crippen molar-refractivity contribution >= 4 is 17.3 Å². The van der Waals surface area contributed by atoms with Crippen LogP contribution in [0.3, 0.4) is 0 Å². The van der Waals surface area contributed by atoms with Crippen LogP contribution < -0.4 is 15.8 Å². The Morgan fingerprint density at radius 3 is 2.68 bits per heavy atom. The molecule has 5 heteroatoms. The molecular formula is C14H13FN2O2. The number of benzene rings is 2. The molecule has 2 aromatic rings. The molecule has 0 aromatic heterocycles. The van der Waals surface area contributed by atoms with Gasteiger partial charge in [-0.3, -0.25) is 4.79 Å². The number of carbonyl (C=O) groups is 1. The highest BCUT2D eigenvalue weighted by Gasteiger charge is 2.11. The summed E-state index contributed by atoms with van der Waals surface area (Å²) in [4.78, 5) is 12.0. The van der Waals surface area contributed by atoms with Gasteiger partial charge in [-0.05, 0) is 30.3 Å². The first-order valence-corrected chi connectivity index (χ1v) is 5.61. The summed E-state index contributed by atoms with van der Waals surface area (Å²) < 4.78 is 18.1. The van der Waals surface area contributed by atoms with Gasteiger partial charge in [0.25, 0.3) is 5.91 Å². The standard InChI is InChI=1S/C14H13FN2O2/c1-19-13-8-9(6-7-10(13)15)14(18)17-12-5-3-2-4-11(12)16/h2-8H,16H2,1H3,(H,17,18). The number of anilines is 2. The lowest BCUT2D eigenvalue weighted by atomic mass is 10.2. The van der Waals surface area contributed by atoms with Crippen molar-refractivity contribution in [2.45, 2.75) is 0 Å².